The van der Waals surface area contributed by atoms with Crippen molar-refractivity contribution in [2.45, 2.75) is 13.3 Å². The molecule has 0 fully saturated rings. The summed E-state index contributed by atoms with van der Waals surface area (Å²) in [4.78, 5) is 10.4. The van der Waals surface area contributed by atoms with E-state index < -0.39 is 12.5 Å². The molecule has 0 saturated heterocycles. The summed E-state index contributed by atoms with van der Waals surface area (Å²) in [5.41, 5.74) is 0. The van der Waals surface area contributed by atoms with Crippen LogP contribution in [0.15, 0.2) is 0 Å². The highest BCUT2D eigenvalue weighted by atomic mass is 16.5. The van der Waals surface area contributed by atoms with Crippen molar-refractivity contribution < 1.29 is 14.6 Å². The van der Waals surface area contributed by atoms with Gasteiger partial charge in [-0.2, -0.15) is 0 Å². The molecule has 0 spiro atoms. The SMILES string of the molecule is CCC(=O)[N+]([O-])=CCO. The van der Waals surface area contributed by atoms with Gasteiger partial charge in [0.25, 0.3) is 0 Å². The minimum atomic E-state index is -0.538. The second-order valence-electron chi connectivity index (χ2n) is 1.44. The summed E-state index contributed by atoms with van der Waals surface area (Å²) in [5, 5.41) is 18.5. The standard InChI is InChI=1S/C5H9NO3/c1-2-5(8)6(9)3-4-7/h3,7H,2,4H2,1H3. The molecule has 0 aliphatic carbocycles. The van der Waals surface area contributed by atoms with Gasteiger partial charge >= 0.3 is 5.91 Å². The summed E-state index contributed by atoms with van der Waals surface area (Å²) in [6, 6.07) is 0. The summed E-state index contributed by atoms with van der Waals surface area (Å²) >= 11 is 0. The van der Waals surface area contributed by atoms with Crippen molar-refractivity contribution in [2.75, 3.05) is 6.61 Å². The maximum absolute atomic E-state index is 10.4. The number of hydrogen-bond donors (Lipinski definition) is 1. The molecule has 52 valence electrons. The van der Waals surface area contributed by atoms with E-state index in [2.05, 4.69) is 0 Å². The van der Waals surface area contributed by atoms with Gasteiger partial charge in [0.15, 0.2) is 6.21 Å². The van der Waals surface area contributed by atoms with E-state index in [0.29, 0.717) is 0 Å². The van der Waals surface area contributed by atoms with Crippen molar-refractivity contribution >= 4 is 12.1 Å². The fourth-order valence-corrected chi connectivity index (χ4v) is 0.332. The molecule has 0 atom stereocenters. The summed E-state index contributed by atoms with van der Waals surface area (Å²) in [7, 11) is 0. The topological polar surface area (TPSA) is 63.4 Å². The maximum Gasteiger partial charge on any atom is 0.397 e. The Morgan fingerprint density at radius 2 is 2.44 bits per heavy atom. The van der Waals surface area contributed by atoms with Gasteiger partial charge in [-0.15, -0.1) is 4.74 Å². The van der Waals surface area contributed by atoms with Crippen molar-refractivity contribution in [2.24, 2.45) is 0 Å². The number of aliphatic hydroxyl groups excluding tert-OH is 1. The Hall–Kier alpha value is -0.900. The van der Waals surface area contributed by atoms with Gasteiger partial charge in [0.2, 0.25) is 0 Å². The third kappa shape index (κ3) is 2.81. The van der Waals surface area contributed by atoms with E-state index in [0.717, 1.165) is 6.21 Å². The lowest BCUT2D eigenvalue weighted by atomic mass is 10.5. The van der Waals surface area contributed by atoms with Crippen molar-refractivity contribution in [3.05, 3.63) is 5.21 Å². The average molecular weight is 131 g/mol. The lowest BCUT2D eigenvalue weighted by molar-refractivity contribution is -0.379. The highest BCUT2D eigenvalue weighted by Crippen LogP contribution is 1.79. The minimum absolute atomic E-state index is 0.139. The number of amides is 1. The van der Waals surface area contributed by atoms with Crippen LogP contribution in [0.3, 0.4) is 0 Å². The molecule has 1 N–H and O–H groups in total. The van der Waals surface area contributed by atoms with Crippen molar-refractivity contribution in [1.29, 1.82) is 0 Å². The highest BCUT2D eigenvalue weighted by Gasteiger charge is 2.03. The largest absolute Gasteiger partial charge is 0.616 e. The van der Waals surface area contributed by atoms with Crippen LogP contribution in [-0.4, -0.2) is 28.6 Å². The zero-order valence-corrected chi connectivity index (χ0v) is 5.20. The zero-order valence-electron chi connectivity index (χ0n) is 5.20. The molecule has 0 aromatic heterocycles. The number of rotatable bonds is 2. The smallest absolute Gasteiger partial charge is 0.397 e. The summed E-state index contributed by atoms with van der Waals surface area (Å²) in [6.07, 6.45) is 1.05. The normalized spacial score (nSPS) is 11.6. The predicted molar refractivity (Wildman–Crippen MR) is 32.1 cm³/mol. The highest BCUT2D eigenvalue weighted by molar-refractivity contribution is 5.72. The monoisotopic (exact) mass is 131 g/mol. The van der Waals surface area contributed by atoms with Crippen LogP contribution >= 0.6 is 0 Å². The van der Waals surface area contributed by atoms with Crippen LogP contribution in [0.2, 0.25) is 0 Å². The van der Waals surface area contributed by atoms with Crippen LogP contribution in [0, 0.1) is 5.21 Å². The number of hydroxylamine groups is 1. The minimum Gasteiger partial charge on any atom is -0.616 e. The molecule has 0 aromatic carbocycles. The van der Waals surface area contributed by atoms with Gasteiger partial charge in [-0.1, -0.05) is 6.92 Å². The van der Waals surface area contributed by atoms with Gasteiger partial charge in [0, 0.05) is 0 Å². The third-order valence-electron chi connectivity index (χ3n) is 0.796. The number of carbonyl (C=O) groups excluding carboxylic acids is 1. The van der Waals surface area contributed by atoms with Gasteiger partial charge in [-0.25, -0.2) is 4.79 Å². The van der Waals surface area contributed by atoms with Crippen molar-refractivity contribution in [3.8, 4) is 0 Å². The van der Waals surface area contributed by atoms with Crippen molar-refractivity contribution in [1.82, 2.24) is 0 Å². The quantitative estimate of drug-likeness (QED) is 0.238. The molecule has 0 unspecified atom stereocenters. The lowest BCUT2D eigenvalue weighted by Gasteiger charge is -1.95. The first kappa shape index (κ1) is 8.10. The van der Waals surface area contributed by atoms with Crippen LogP contribution in [-0.2, 0) is 4.79 Å². The Bertz CT molecular complexity index is 130. The molecule has 0 heterocycles. The number of aliphatic hydroxyl groups is 1. The fourth-order valence-electron chi connectivity index (χ4n) is 0.332. The molecule has 4 nitrogen and oxygen atoms in total. The van der Waals surface area contributed by atoms with E-state index in [4.69, 9.17) is 5.11 Å². The Labute approximate surface area is 53.0 Å². The molecule has 0 radical (unpaired) electrons. The average Bonchev–Trinajstić information content (AvgIpc) is 1.87. The Morgan fingerprint density at radius 3 is 2.78 bits per heavy atom. The maximum atomic E-state index is 10.4. The van der Waals surface area contributed by atoms with Gasteiger partial charge in [-0.3, -0.25) is 0 Å². The first-order chi connectivity index (χ1) is 4.22. The predicted octanol–water partition coefficient (Wildman–Crippen LogP) is -0.504. The van der Waals surface area contributed by atoms with Gasteiger partial charge < -0.3 is 10.3 Å². The fraction of sp³-hybridized carbons (Fsp3) is 0.600. The van der Waals surface area contributed by atoms with Crippen LogP contribution < -0.4 is 0 Å². The lowest BCUT2D eigenvalue weighted by Crippen LogP contribution is -2.15. The van der Waals surface area contributed by atoms with Crippen LogP contribution in [0.25, 0.3) is 0 Å². The molecule has 0 aliphatic heterocycles. The summed E-state index contributed by atoms with van der Waals surface area (Å²) in [5.74, 6) is -0.538. The van der Waals surface area contributed by atoms with E-state index in [1.807, 2.05) is 0 Å². The number of carbonyl (C=O) groups is 1. The first-order valence-corrected chi connectivity index (χ1v) is 2.65. The summed E-state index contributed by atoms with van der Waals surface area (Å²) in [6.45, 7) is 1.19. The molecule has 0 rings (SSSR count). The third-order valence-corrected chi connectivity index (χ3v) is 0.796. The van der Waals surface area contributed by atoms with Gasteiger partial charge in [-0.05, 0) is 0 Å². The van der Waals surface area contributed by atoms with Crippen LogP contribution in [0.5, 0.6) is 0 Å². The van der Waals surface area contributed by atoms with Gasteiger partial charge in [0.05, 0.1) is 6.42 Å². The van der Waals surface area contributed by atoms with E-state index in [1.165, 1.54) is 0 Å². The molecule has 0 aliphatic rings. The van der Waals surface area contributed by atoms with E-state index in [1.54, 1.807) is 6.92 Å². The Kier molecular flexibility index (Phi) is 3.62. The molecule has 0 saturated carbocycles. The van der Waals surface area contributed by atoms with E-state index in [-0.39, 0.29) is 11.2 Å². The molecule has 4 heteroatoms. The van der Waals surface area contributed by atoms with Crippen LogP contribution in [0.4, 0.5) is 0 Å². The van der Waals surface area contributed by atoms with E-state index in [9.17, 15) is 10.0 Å². The molecule has 9 heavy (non-hydrogen) atoms. The van der Waals surface area contributed by atoms with Gasteiger partial charge in [0.1, 0.15) is 6.61 Å². The number of hydrogen-bond acceptors (Lipinski definition) is 3. The first-order valence-electron chi connectivity index (χ1n) is 2.65. The molecular formula is C5H9NO3. The summed E-state index contributed by atoms with van der Waals surface area (Å²) < 4.78 is 0.139. The van der Waals surface area contributed by atoms with E-state index >= 15 is 0 Å². The van der Waals surface area contributed by atoms with Crippen LogP contribution in [0.1, 0.15) is 13.3 Å². The Morgan fingerprint density at radius 1 is 1.89 bits per heavy atom. The molecule has 0 bridgehead atoms. The zero-order chi connectivity index (χ0) is 7.28. The van der Waals surface area contributed by atoms with Crippen molar-refractivity contribution in [3.63, 3.8) is 0 Å². The molecule has 0 aromatic rings. The second kappa shape index (κ2) is 4.03. The Balaban J connectivity index is 3.86. The molecular weight excluding hydrogens is 122 g/mol. The second-order valence-corrected chi connectivity index (χ2v) is 1.44. The number of nitrogens with zero attached hydrogens (tertiary/aromatic N) is 1. The molecule has 1 amide bonds.